The van der Waals surface area contributed by atoms with E-state index in [0.717, 1.165) is 12.8 Å². The summed E-state index contributed by atoms with van der Waals surface area (Å²) < 4.78 is 0.530. The molecule has 0 aliphatic carbocycles. The van der Waals surface area contributed by atoms with Crippen molar-refractivity contribution in [1.82, 2.24) is 0 Å². The number of alkyl halides is 2. The first-order chi connectivity index (χ1) is 7.15. The summed E-state index contributed by atoms with van der Waals surface area (Å²) in [5.74, 6) is 0. The first-order valence-corrected chi connectivity index (χ1v) is 6.82. The Kier molecular flexibility index (Phi) is 5.69. The summed E-state index contributed by atoms with van der Waals surface area (Å²) in [5, 5.41) is 0.237. The predicted octanol–water partition coefficient (Wildman–Crippen LogP) is 4.69. The minimum absolute atomic E-state index is 0.237. The van der Waals surface area contributed by atoms with Crippen LogP contribution in [0.4, 0.5) is 0 Å². The van der Waals surface area contributed by atoms with Gasteiger partial charge in [0.05, 0.1) is 0 Å². The third kappa shape index (κ3) is 4.15. The summed E-state index contributed by atoms with van der Waals surface area (Å²) in [4.78, 5) is 0. The summed E-state index contributed by atoms with van der Waals surface area (Å²) in [6, 6.07) is 8.40. The van der Waals surface area contributed by atoms with E-state index in [9.17, 15) is 0 Å². The van der Waals surface area contributed by atoms with Gasteiger partial charge in [0.15, 0.2) is 0 Å². The molecule has 82 valence electrons. The van der Waals surface area contributed by atoms with Gasteiger partial charge in [0, 0.05) is 9.30 Å². The summed E-state index contributed by atoms with van der Waals surface area (Å²) in [7, 11) is 0. The molecule has 0 saturated carbocycles. The van der Waals surface area contributed by atoms with Crippen LogP contribution in [0, 0.1) is 0 Å². The molecule has 0 aliphatic rings. The highest BCUT2D eigenvalue weighted by atomic mass is 127. The van der Waals surface area contributed by atoms with Crippen molar-refractivity contribution in [3.05, 3.63) is 42.0 Å². The number of rotatable bonds is 5. The van der Waals surface area contributed by atoms with E-state index in [1.165, 1.54) is 11.1 Å². The Morgan fingerprint density at radius 1 is 1.47 bits per heavy atom. The number of aryl methyl sites for hydroxylation is 1. The van der Waals surface area contributed by atoms with Crippen LogP contribution in [-0.4, -0.2) is 9.30 Å². The van der Waals surface area contributed by atoms with Gasteiger partial charge in [-0.15, -0.1) is 11.6 Å². The first kappa shape index (κ1) is 13.0. The normalized spacial score (nSPS) is 14.6. The molecule has 0 saturated heterocycles. The molecule has 0 aliphatic heterocycles. The number of halogens is 2. The topological polar surface area (TPSA) is 0 Å². The SMILES string of the molecule is C=Cc1ccccc1CCC(I)C(C)Cl. The molecule has 0 radical (unpaired) electrons. The van der Waals surface area contributed by atoms with Gasteiger partial charge in [-0.1, -0.05) is 59.5 Å². The molecule has 2 heteroatoms. The molecule has 0 nitrogen and oxygen atoms in total. The van der Waals surface area contributed by atoms with Gasteiger partial charge in [0.1, 0.15) is 0 Å². The van der Waals surface area contributed by atoms with E-state index in [1.54, 1.807) is 0 Å². The number of hydrogen-bond acceptors (Lipinski definition) is 0. The van der Waals surface area contributed by atoms with E-state index in [0.29, 0.717) is 3.92 Å². The minimum atomic E-state index is 0.237. The summed E-state index contributed by atoms with van der Waals surface area (Å²) in [6.07, 6.45) is 4.12. The lowest BCUT2D eigenvalue weighted by Crippen LogP contribution is -2.11. The second-order valence-electron chi connectivity index (χ2n) is 3.64. The van der Waals surface area contributed by atoms with Crippen molar-refractivity contribution in [2.75, 3.05) is 0 Å². The quantitative estimate of drug-likeness (QED) is 0.541. The fourth-order valence-electron chi connectivity index (χ4n) is 1.48. The van der Waals surface area contributed by atoms with Gasteiger partial charge in [-0.2, -0.15) is 0 Å². The van der Waals surface area contributed by atoms with Gasteiger partial charge >= 0.3 is 0 Å². The fraction of sp³-hybridized carbons (Fsp3) is 0.385. The van der Waals surface area contributed by atoms with Crippen molar-refractivity contribution in [3.8, 4) is 0 Å². The van der Waals surface area contributed by atoms with Crippen LogP contribution < -0.4 is 0 Å². The molecule has 1 rings (SSSR count). The Hall–Kier alpha value is -0.0200. The van der Waals surface area contributed by atoms with Crippen LogP contribution in [0.3, 0.4) is 0 Å². The minimum Gasteiger partial charge on any atom is -0.122 e. The first-order valence-electron chi connectivity index (χ1n) is 5.13. The molecule has 0 amide bonds. The highest BCUT2D eigenvalue weighted by Crippen LogP contribution is 2.20. The Morgan fingerprint density at radius 3 is 2.73 bits per heavy atom. The lowest BCUT2D eigenvalue weighted by Gasteiger charge is -2.12. The fourth-order valence-corrected chi connectivity index (χ4v) is 1.92. The molecule has 0 aromatic heterocycles. The molecule has 1 aromatic rings. The third-order valence-corrected chi connectivity index (χ3v) is 4.89. The molecule has 0 fully saturated rings. The standard InChI is InChI=1S/C13H16ClI/c1-3-11-6-4-5-7-12(11)8-9-13(15)10(2)14/h3-7,10,13H,1,8-9H2,2H3. The molecule has 0 bridgehead atoms. The van der Waals surface area contributed by atoms with E-state index in [1.807, 2.05) is 12.1 Å². The van der Waals surface area contributed by atoms with Crippen molar-refractivity contribution in [1.29, 1.82) is 0 Å². The molecular formula is C13H16ClI. The molecule has 2 unspecified atom stereocenters. The lowest BCUT2D eigenvalue weighted by molar-refractivity contribution is 0.764. The average molecular weight is 335 g/mol. The Bertz CT molecular complexity index is 320. The third-order valence-electron chi connectivity index (χ3n) is 2.46. The number of benzene rings is 1. The van der Waals surface area contributed by atoms with Crippen LogP contribution in [-0.2, 0) is 6.42 Å². The highest BCUT2D eigenvalue weighted by Gasteiger charge is 2.11. The summed E-state index contributed by atoms with van der Waals surface area (Å²) in [5.41, 5.74) is 2.61. The van der Waals surface area contributed by atoms with Crippen LogP contribution in [0.25, 0.3) is 6.08 Å². The Morgan fingerprint density at radius 2 is 2.13 bits per heavy atom. The van der Waals surface area contributed by atoms with Gasteiger partial charge in [-0.3, -0.25) is 0 Å². The van der Waals surface area contributed by atoms with E-state index in [4.69, 9.17) is 11.6 Å². The van der Waals surface area contributed by atoms with E-state index < -0.39 is 0 Å². The molecule has 0 spiro atoms. The Labute approximate surface area is 111 Å². The molecular weight excluding hydrogens is 318 g/mol. The molecule has 0 heterocycles. The second-order valence-corrected chi connectivity index (χ2v) is 5.92. The number of hydrogen-bond donors (Lipinski definition) is 0. The van der Waals surface area contributed by atoms with Gasteiger partial charge in [-0.25, -0.2) is 0 Å². The van der Waals surface area contributed by atoms with Crippen molar-refractivity contribution in [2.45, 2.75) is 29.1 Å². The van der Waals surface area contributed by atoms with Crippen LogP contribution in [0.2, 0.25) is 0 Å². The van der Waals surface area contributed by atoms with Crippen LogP contribution >= 0.6 is 34.2 Å². The largest absolute Gasteiger partial charge is 0.122 e. The molecule has 0 N–H and O–H groups in total. The van der Waals surface area contributed by atoms with Crippen molar-refractivity contribution < 1.29 is 0 Å². The van der Waals surface area contributed by atoms with Crippen LogP contribution in [0.1, 0.15) is 24.5 Å². The maximum Gasteiger partial charge on any atom is 0.0425 e. The van der Waals surface area contributed by atoms with Gasteiger partial charge in [0.2, 0.25) is 0 Å². The van der Waals surface area contributed by atoms with Crippen molar-refractivity contribution in [2.24, 2.45) is 0 Å². The Balaban J connectivity index is 2.61. The smallest absolute Gasteiger partial charge is 0.0425 e. The monoisotopic (exact) mass is 334 g/mol. The molecule has 15 heavy (non-hydrogen) atoms. The van der Waals surface area contributed by atoms with Crippen LogP contribution in [0.15, 0.2) is 30.8 Å². The maximum atomic E-state index is 6.04. The lowest BCUT2D eigenvalue weighted by atomic mass is 10.0. The summed E-state index contributed by atoms with van der Waals surface area (Å²) in [6.45, 7) is 5.88. The highest BCUT2D eigenvalue weighted by molar-refractivity contribution is 14.1. The van der Waals surface area contributed by atoms with Gasteiger partial charge in [0.25, 0.3) is 0 Å². The van der Waals surface area contributed by atoms with Crippen LogP contribution in [0.5, 0.6) is 0 Å². The zero-order chi connectivity index (χ0) is 11.3. The second kappa shape index (κ2) is 6.54. The summed E-state index contributed by atoms with van der Waals surface area (Å²) >= 11 is 8.46. The molecule has 2 atom stereocenters. The van der Waals surface area contributed by atoms with Crippen molar-refractivity contribution >= 4 is 40.3 Å². The van der Waals surface area contributed by atoms with E-state index >= 15 is 0 Å². The van der Waals surface area contributed by atoms with Crippen molar-refractivity contribution in [3.63, 3.8) is 0 Å². The van der Waals surface area contributed by atoms with E-state index in [-0.39, 0.29) is 5.38 Å². The molecule has 1 aromatic carbocycles. The zero-order valence-corrected chi connectivity index (χ0v) is 11.8. The van der Waals surface area contributed by atoms with Gasteiger partial charge < -0.3 is 0 Å². The maximum absolute atomic E-state index is 6.04. The van der Waals surface area contributed by atoms with Gasteiger partial charge in [-0.05, 0) is 30.9 Å². The zero-order valence-electron chi connectivity index (χ0n) is 8.92. The van der Waals surface area contributed by atoms with E-state index in [2.05, 4.69) is 54.3 Å². The predicted molar refractivity (Wildman–Crippen MR) is 78.0 cm³/mol. The average Bonchev–Trinajstić information content (AvgIpc) is 2.26.